The molecule has 1 heterocycles. The molecule has 0 saturated carbocycles. The van der Waals surface area contributed by atoms with Gasteiger partial charge in [0.25, 0.3) is 0 Å². The van der Waals surface area contributed by atoms with Gasteiger partial charge in [-0.3, -0.25) is 4.79 Å². The summed E-state index contributed by atoms with van der Waals surface area (Å²) >= 11 is 0. The van der Waals surface area contributed by atoms with Crippen molar-refractivity contribution in [1.29, 1.82) is 0 Å². The van der Waals surface area contributed by atoms with Crippen molar-refractivity contribution in [3.63, 3.8) is 0 Å². The van der Waals surface area contributed by atoms with E-state index in [2.05, 4.69) is 53.8 Å². The van der Waals surface area contributed by atoms with Crippen molar-refractivity contribution in [1.82, 2.24) is 0 Å². The quantitative estimate of drug-likeness (QED) is 0.562. The van der Waals surface area contributed by atoms with Crippen LogP contribution in [0.2, 0.25) is 0 Å². The van der Waals surface area contributed by atoms with E-state index >= 15 is 0 Å². The number of para-hydroxylation sites is 4. The van der Waals surface area contributed by atoms with Crippen LogP contribution >= 0.6 is 0 Å². The highest BCUT2D eigenvalue weighted by molar-refractivity contribution is 6.08. The number of ether oxygens (including phenoxy) is 2. The monoisotopic (exact) mass is 438 g/mol. The lowest BCUT2D eigenvalue weighted by atomic mass is 9.54. The van der Waals surface area contributed by atoms with Crippen LogP contribution in [0.3, 0.4) is 0 Å². The Labute approximate surface area is 193 Å². The zero-order valence-electron chi connectivity index (χ0n) is 20.9. The Balaban J connectivity index is 2.12. The Morgan fingerprint density at radius 3 is 1.97 bits per heavy atom. The van der Waals surface area contributed by atoms with Gasteiger partial charge in [-0.25, -0.2) is 0 Å². The van der Waals surface area contributed by atoms with Crippen molar-refractivity contribution in [2.45, 2.75) is 60.5 Å². The third-order valence-corrected chi connectivity index (χ3v) is 6.54. The van der Waals surface area contributed by atoms with E-state index < -0.39 is 5.41 Å². The minimum Gasteiger partial charge on any atom is -0.495 e. The van der Waals surface area contributed by atoms with Gasteiger partial charge < -0.3 is 19.7 Å². The van der Waals surface area contributed by atoms with E-state index in [1.54, 1.807) is 14.2 Å². The molecule has 1 unspecified atom stereocenters. The molecule has 1 aliphatic heterocycles. The molecule has 1 aliphatic rings. The lowest BCUT2D eigenvalue weighted by Gasteiger charge is -2.64. The number of nitrogens with one attached hydrogen (secondary N) is 1. The molecule has 0 bridgehead atoms. The molecule has 0 aromatic heterocycles. The maximum absolute atomic E-state index is 14.0. The number of amides is 1. The van der Waals surface area contributed by atoms with Crippen LogP contribution in [0.5, 0.6) is 11.5 Å². The van der Waals surface area contributed by atoms with E-state index in [0.717, 1.165) is 17.1 Å². The normalized spacial score (nSPS) is 22.2. The van der Waals surface area contributed by atoms with Gasteiger partial charge in [-0.2, -0.15) is 0 Å². The van der Waals surface area contributed by atoms with Gasteiger partial charge in [-0.05, 0) is 42.0 Å². The molecule has 0 spiro atoms. The van der Waals surface area contributed by atoms with Crippen LogP contribution in [0.1, 0.15) is 48.5 Å². The predicted octanol–water partition coefficient (Wildman–Crippen LogP) is 6.00. The summed E-state index contributed by atoms with van der Waals surface area (Å²) in [5.41, 5.74) is 0.727. The fourth-order valence-electron chi connectivity index (χ4n) is 5.53. The molecular formula is C27H38N2O3. The largest absolute Gasteiger partial charge is 0.495 e. The Morgan fingerprint density at radius 2 is 1.44 bits per heavy atom. The number of nitrogens with zero attached hydrogens (tertiary/aromatic N) is 1. The standard InChI is InChI=1S/C27H38N2O3/c1-25(2,3)22(28-18-14-10-12-16-20(18)31-8)27(7)23(26(4,5)6)29(24(27)30)19-15-11-13-17-21(19)32-9/h10-17,22-23,28H,1-9H3/t22?,23-,27-/m0/s1. The number of methoxy groups -OCH3 is 2. The van der Waals surface area contributed by atoms with E-state index in [1.807, 2.05) is 53.4 Å². The van der Waals surface area contributed by atoms with Gasteiger partial charge >= 0.3 is 0 Å². The fourth-order valence-corrected chi connectivity index (χ4v) is 5.53. The second-order valence-electron chi connectivity index (χ2n) is 11.0. The number of hydrogen-bond donors (Lipinski definition) is 1. The topological polar surface area (TPSA) is 50.8 Å². The summed E-state index contributed by atoms with van der Waals surface area (Å²) in [5, 5.41) is 3.71. The van der Waals surface area contributed by atoms with Gasteiger partial charge in [0.05, 0.1) is 37.1 Å². The van der Waals surface area contributed by atoms with E-state index in [4.69, 9.17) is 9.47 Å². The molecule has 1 N–H and O–H groups in total. The molecule has 32 heavy (non-hydrogen) atoms. The molecule has 174 valence electrons. The van der Waals surface area contributed by atoms with Gasteiger partial charge in [-0.1, -0.05) is 65.8 Å². The van der Waals surface area contributed by atoms with Crippen LogP contribution in [-0.2, 0) is 4.79 Å². The summed E-state index contributed by atoms with van der Waals surface area (Å²) in [6, 6.07) is 15.5. The molecule has 0 aliphatic carbocycles. The molecule has 1 fully saturated rings. The average molecular weight is 439 g/mol. The smallest absolute Gasteiger partial charge is 0.237 e. The van der Waals surface area contributed by atoms with Gasteiger partial charge in [0.15, 0.2) is 0 Å². The summed E-state index contributed by atoms with van der Waals surface area (Å²) < 4.78 is 11.2. The first-order valence-corrected chi connectivity index (χ1v) is 11.2. The number of carbonyl (C=O) groups is 1. The number of carbonyl (C=O) groups excluding carboxylic acids is 1. The first-order valence-electron chi connectivity index (χ1n) is 11.2. The van der Waals surface area contributed by atoms with Gasteiger partial charge in [-0.15, -0.1) is 0 Å². The zero-order chi connectivity index (χ0) is 23.9. The maximum atomic E-state index is 14.0. The van der Waals surface area contributed by atoms with Crippen molar-refractivity contribution in [2.24, 2.45) is 16.2 Å². The molecule has 3 rings (SSSR count). The first-order chi connectivity index (χ1) is 14.9. The Bertz CT molecular complexity index is 955. The number of hydrogen-bond acceptors (Lipinski definition) is 4. The lowest BCUT2D eigenvalue weighted by Crippen LogP contribution is -2.78. The number of β-lactam (4-membered cyclic amide) rings is 1. The Hall–Kier alpha value is -2.69. The van der Waals surface area contributed by atoms with Gasteiger partial charge in [0.1, 0.15) is 11.5 Å². The Kier molecular flexibility index (Phi) is 6.25. The van der Waals surface area contributed by atoms with Crippen LogP contribution in [0.4, 0.5) is 11.4 Å². The summed E-state index contributed by atoms with van der Waals surface area (Å²) in [5.74, 6) is 1.58. The van der Waals surface area contributed by atoms with Crippen molar-refractivity contribution >= 4 is 17.3 Å². The predicted molar refractivity (Wildman–Crippen MR) is 132 cm³/mol. The van der Waals surface area contributed by atoms with Crippen molar-refractivity contribution in [3.05, 3.63) is 48.5 Å². The highest BCUT2D eigenvalue weighted by atomic mass is 16.5. The maximum Gasteiger partial charge on any atom is 0.237 e. The third-order valence-electron chi connectivity index (χ3n) is 6.54. The van der Waals surface area contributed by atoms with Gasteiger partial charge in [0, 0.05) is 6.04 Å². The van der Waals surface area contributed by atoms with Crippen molar-refractivity contribution < 1.29 is 14.3 Å². The molecule has 1 amide bonds. The summed E-state index contributed by atoms with van der Waals surface area (Å²) in [6.07, 6.45) is 0. The highest BCUT2D eigenvalue weighted by Gasteiger charge is 2.67. The molecule has 1 saturated heterocycles. The molecule has 3 atom stereocenters. The molecule has 0 radical (unpaired) electrons. The van der Waals surface area contributed by atoms with Crippen LogP contribution < -0.4 is 19.7 Å². The summed E-state index contributed by atoms with van der Waals surface area (Å²) in [7, 11) is 3.32. The van der Waals surface area contributed by atoms with E-state index in [9.17, 15) is 4.79 Å². The fraction of sp³-hybridized carbons (Fsp3) is 0.519. The Morgan fingerprint density at radius 1 is 0.906 bits per heavy atom. The highest BCUT2D eigenvalue weighted by Crippen LogP contribution is 2.56. The second kappa shape index (κ2) is 8.34. The minimum absolute atomic E-state index is 0.0368. The second-order valence-corrected chi connectivity index (χ2v) is 11.0. The van der Waals surface area contributed by atoms with E-state index in [1.165, 1.54) is 0 Å². The van der Waals surface area contributed by atoms with Crippen LogP contribution in [-0.4, -0.2) is 32.2 Å². The molecule has 2 aromatic carbocycles. The lowest BCUT2D eigenvalue weighted by molar-refractivity contribution is -0.147. The molecule has 2 aromatic rings. The zero-order valence-corrected chi connectivity index (χ0v) is 20.9. The van der Waals surface area contributed by atoms with Crippen molar-refractivity contribution in [3.8, 4) is 11.5 Å². The molecular weight excluding hydrogens is 400 g/mol. The molecule has 5 nitrogen and oxygen atoms in total. The van der Waals surface area contributed by atoms with Crippen LogP contribution in [0.15, 0.2) is 48.5 Å². The molecule has 5 heteroatoms. The van der Waals surface area contributed by atoms with Crippen molar-refractivity contribution in [2.75, 3.05) is 24.4 Å². The SMILES string of the molecule is COc1ccccc1NC(C(C)(C)C)[C@]1(C)C(=O)N(c2ccccc2OC)[C@H]1C(C)(C)C. The summed E-state index contributed by atoms with van der Waals surface area (Å²) in [6.45, 7) is 15.3. The minimum atomic E-state index is -0.641. The number of rotatable bonds is 6. The van der Waals surface area contributed by atoms with Gasteiger partial charge in [0.2, 0.25) is 5.91 Å². The third kappa shape index (κ3) is 3.94. The van der Waals surface area contributed by atoms with E-state index in [0.29, 0.717) is 5.75 Å². The summed E-state index contributed by atoms with van der Waals surface area (Å²) in [4.78, 5) is 16.0. The van der Waals surface area contributed by atoms with E-state index in [-0.39, 0.29) is 28.8 Å². The average Bonchev–Trinajstić information content (AvgIpc) is 2.73. The number of anilines is 2. The van der Waals surface area contributed by atoms with Crippen LogP contribution in [0.25, 0.3) is 0 Å². The van der Waals surface area contributed by atoms with Crippen LogP contribution in [0, 0.1) is 16.2 Å². The number of benzene rings is 2. The first kappa shape index (κ1) is 24.0.